The standard InChI is InChI=1S/C20H19FN4O3/c1-28-20(27)25-9-8-12-6-7-13(21)10-14(12)18(25)19(26)22-11-17-23-15-4-2-3-5-16(15)24-17/h2-7,10,18H,8-9,11H2,1H3,(H,22,26)(H,23,24)/t18-/m1/s1. The van der Waals surface area contributed by atoms with Crippen molar-refractivity contribution in [1.29, 1.82) is 0 Å². The van der Waals surface area contributed by atoms with E-state index in [-0.39, 0.29) is 6.54 Å². The molecule has 2 amide bonds. The molecule has 3 aromatic rings. The number of imidazole rings is 1. The van der Waals surface area contributed by atoms with Crippen molar-refractivity contribution < 1.29 is 18.7 Å². The number of hydrogen-bond acceptors (Lipinski definition) is 4. The Morgan fingerprint density at radius 2 is 2.14 bits per heavy atom. The summed E-state index contributed by atoms with van der Waals surface area (Å²) in [5.74, 6) is -0.285. The van der Waals surface area contributed by atoms with Gasteiger partial charge in [0, 0.05) is 6.54 Å². The molecule has 1 atom stereocenters. The molecule has 2 N–H and O–H groups in total. The van der Waals surface area contributed by atoms with Crippen LogP contribution in [-0.4, -0.2) is 40.5 Å². The fourth-order valence-electron chi connectivity index (χ4n) is 3.54. The van der Waals surface area contributed by atoms with Crippen molar-refractivity contribution in [2.75, 3.05) is 13.7 Å². The largest absolute Gasteiger partial charge is 0.453 e. The van der Waals surface area contributed by atoms with E-state index >= 15 is 0 Å². The second-order valence-corrected chi connectivity index (χ2v) is 6.58. The van der Waals surface area contributed by atoms with E-state index in [9.17, 15) is 14.0 Å². The first kappa shape index (κ1) is 18.0. The molecule has 4 rings (SSSR count). The van der Waals surface area contributed by atoms with Gasteiger partial charge in [-0.15, -0.1) is 0 Å². The average Bonchev–Trinajstić information content (AvgIpc) is 3.13. The van der Waals surface area contributed by atoms with Crippen LogP contribution in [0.4, 0.5) is 9.18 Å². The Morgan fingerprint density at radius 1 is 1.32 bits per heavy atom. The predicted octanol–water partition coefficient (Wildman–Crippen LogP) is 2.68. The summed E-state index contributed by atoms with van der Waals surface area (Å²) in [7, 11) is 1.26. The summed E-state index contributed by atoms with van der Waals surface area (Å²) in [6, 6.07) is 10.9. The smallest absolute Gasteiger partial charge is 0.410 e. The number of ether oxygens (including phenoxy) is 1. The van der Waals surface area contributed by atoms with E-state index in [1.54, 1.807) is 6.07 Å². The van der Waals surface area contributed by atoms with Crippen LogP contribution in [-0.2, 0) is 22.5 Å². The number of aromatic nitrogens is 2. The number of halogens is 1. The first-order valence-corrected chi connectivity index (χ1v) is 8.91. The van der Waals surface area contributed by atoms with Crippen LogP contribution in [0.2, 0.25) is 0 Å². The van der Waals surface area contributed by atoms with Crippen molar-refractivity contribution >= 4 is 23.0 Å². The van der Waals surface area contributed by atoms with Crippen LogP contribution >= 0.6 is 0 Å². The van der Waals surface area contributed by atoms with Gasteiger partial charge in [0.25, 0.3) is 0 Å². The SMILES string of the molecule is COC(=O)N1CCc2ccc(F)cc2[C@@H]1C(=O)NCc1nc2ccccc2[nH]1. The van der Waals surface area contributed by atoms with Gasteiger partial charge in [-0.3, -0.25) is 9.69 Å². The zero-order valence-corrected chi connectivity index (χ0v) is 15.2. The third kappa shape index (κ3) is 3.28. The minimum atomic E-state index is -0.962. The number of H-pyrrole nitrogens is 1. The molecular weight excluding hydrogens is 363 g/mol. The maximum absolute atomic E-state index is 13.8. The number of fused-ring (bicyclic) bond motifs is 2. The number of rotatable bonds is 3. The molecule has 8 heteroatoms. The monoisotopic (exact) mass is 382 g/mol. The summed E-state index contributed by atoms with van der Waals surface area (Å²) < 4.78 is 18.6. The highest BCUT2D eigenvalue weighted by Crippen LogP contribution is 2.31. The molecule has 28 heavy (non-hydrogen) atoms. The number of aromatic amines is 1. The van der Waals surface area contributed by atoms with Crippen LogP contribution in [0.1, 0.15) is 23.0 Å². The van der Waals surface area contributed by atoms with E-state index < -0.39 is 23.9 Å². The van der Waals surface area contributed by atoms with Crippen LogP contribution in [0.25, 0.3) is 11.0 Å². The molecule has 1 aromatic heterocycles. The molecule has 1 aliphatic heterocycles. The van der Waals surface area contributed by atoms with E-state index in [1.165, 1.54) is 24.1 Å². The van der Waals surface area contributed by atoms with Crippen molar-refractivity contribution in [2.24, 2.45) is 0 Å². The number of benzene rings is 2. The van der Waals surface area contributed by atoms with Crippen molar-refractivity contribution in [3.8, 4) is 0 Å². The zero-order valence-electron chi connectivity index (χ0n) is 15.2. The molecule has 1 aliphatic rings. The summed E-state index contributed by atoms with van der Waals surface area (Å²) in [5, 5.41) is 2.79. The Hall–Kier alpha value is -3.42. The third-order valence-corrected chi connectivity index (χ3v) is 4.86. The molecule has 2 heterocycles. The van der Waals surface area contributed by atoms with Gasteiger partial charge in [0.2, 0.25) is 5.91 Å². The van der Waals surface area contributed by atoms with Crippen molar-refractivity contribution in [1.82, 2.24) is 20.2 Å². The van der Waals surface area contributed by atoms with Gasteiger partial charge in [0.1, 0.15) is 17.7 Å². The van der Waals surface area contributed by atoms with E-state index in [1.807, 2.05) is 24.3 Å². The molecule has 0 aliphatic carbocycles. The van der Waals surface area contributed by atoms with Crippen LogP contribution in [0.3, 0.4) is 0 Å². The Kier molecular flexibility index (Phi) is 4.68. The highest BCUT2D eigenvalue weighted by atomic mass is 19.1. The fourth-order valence-corrected chi connectivity index (χ4v) is 3.54. The molecule has 0 saturated carbocycles. The molecule has 144 valence electrons. The van der Waals surface area contributed by atoms with Crippen molar-refractivity contribution in [3.63, 3.8) is 0 Å². The van der Waals surface area contributed by atoms with Gasteiger partial charge in [-0.1, -0.05) is 18.2 Å². The van der Waals surface area contributed by atoms with Crippen molar-refractivity contribution in [3.05, 3.63) is 65.2 Å². The van der Waals surface area contributed by atoms with Gasteiger partial charge in [-0.2, -0.15) is 0 Å². The fraction of sp³-hybridized carbons (Fsp3) is 0.250. The lowest BCUT2D eigenvalue weighted by molar-refractivity contribution is -0.126. The predicted molar refractivity (Wildman–Crippen MR) is 99.9 cm³/mol. The topological polar surface area (TPSA) is 87.3 Å². The van der Waals surface area contributed by atoms with Gasteiger partial charge in [-0.25, -0.2) is 14.2 Å². The normalized spacial score (nSPS) is 15.9. The second-order valence-electron chi connectivity index (χ2n) is 6.58. The molecule has 0 fully saturated rings. The molecule has 7 nitrogen and oxygen atoms in total. The number of nitrogens with zero attached hydrogens (tertiary/aromatic N) is 2. The van der Waals surface area contributed by atoms with Crippen molar-refractivity contribution in [2.45, 2.75) is 19.0 Å². The van der Waals surface area contributed by atoms with Crippen LogP contribution in [0.5, 0.6) is 0 Å². The Morgan fingerprint density at radius 3 is 2.93 bits per heavy atom. The number of para-hydroxylation sites is 2. The number of nitrogens with one attached hydrogen (secondary N) is 2. The maximum Gasteiger partial charge on any atom is 0.410 e. The molecule has 0 unspecified atom stereocenters. The Labute approximate surface area is 160 Å². The first-order chi connectivity index (χ1) is 13.6. The number of methoxy groups -OCH3 is 1. The maximum atomic E-state index is 13.8. The first-order valence-electron chi connectivity index (χ1n) is 8.91. The van der Waals surface area contributed by atoms with Gasteiger partial charge < -0.3 is 15.0 Å². The molecule has 0 saturated heterocycles. The van der Waals surface area contributed by atoms with E-state index in [0.29, 0.717) is 24.4 Å². The van der Waals surface area contributed by atoms with E-state index in [0.717, 1.165) is 16.6 Å². The lowest BCUT2D eigenvalue weighted by atomic mass is 9.92. The van der Waals surface area contributed by atoms with Gasteiger partial charge in [-0.05, 0) is 41.8 Å². The number of carbonyl (C=O) groups is 2. The molecule has 0 bridgehead atoms. The summed E-state index contributed by atoms with van der Waals surface area (Å²) in [6.45, 7) is 0.470. The quantitative estimate of drug-likeness (QED) is 0.729. The van der Waals surface area contributed by atoms with Gasteiger partial charge in [0.15, 0.2) is 0 Å². The zero-order chi connectivity index (χ0) is 19.7. The summed E-state index contributed by atoms with van der Waals surface area (Å²) in [5.41, 5.74) is 2.98. The van der Waals surface area contributed by atoms with E-state index in [2.05, 4.69) is 15.3 Å². The molecular formula is C20H19FN4O3. The number of hydrogen-bond donors (Lipinski definition) is 2. The summed E-state index contributed by atoms with van der Waals surface area (Å²) >= 11 is 0. The lowest BCUT2D eigenvalue weighted by Crippen LogP contribution is -2.47. The molecule has 0 spiro atoms. The average molecular weight is 382 g/mol. The number of carbonyl (C=O) groups excluding carboxylic acids is 2. The van der Waals surface area contributed by atoms with Crippen LogP contribution in [0, 0.1) is 5.82 Å². The second kappa shape index (κ2) is 7.30. The highest BCUT2D eigenvalue weighted by molar-refractivity contribution is 5.87. The van der Waals surface area contributed by atoms with Gasteiger partial charge >= 0.3 is 6.09 Å². The summed E-state index contributed by atoms with van der Waals surface area (Å²) in [4.78, 5) is 34.0. The number of amides is 2. The van der Waals surface area contributed by atoms with Gasteiger partial charge in [0.05, 0.1) is 24.7 Å². The van der Waals surface area contributed by atoms with Crippen LogP contribution < -0.4 is 5.32 Å². The molecule has 0 radical (unpaired) electrons. The van der Waals surface area contributed by atoms with E-state index in [4.69, 9.17) is 4.74 Å². The Balaban J connectivity index is 1.59. The Bertz CT molecular complexity index is 1020. The third-order valence-electron chi connectivity index (χ3n) is 4.86. The van der Waals surface area contributed by atoms with Crippen LogP contribution in [0.15, 0.2) is 42.5 Å². The summed E-state index contributed by atoms with van der Waals surface area (Å²) in [6.07, 6.45) is -0.100. The highest BCUT2D eigenvalue weighted by Gasteiger charge is 2.36. The lowest BCUT2D eigenvalue weighted by Gasteiger charge is -2.35. The minimum Gasteiger partial charge on any atom is -0.453 e. The molecule has 2 aromatic carbocycles. The minimum absolute atomic E-state index is 0.156.